The molecule has 5 fully saturated rings. The molecule has 0 radical (unpaired) electrons. The second-order valence-corrected chi connectivity index (χ2v) is 9.20. The largest absolute Gasteiger partial charge is 0.354 e. The van der Waals surface area contributed by atoms with E-state index in [0.717, 1.165) is 75.5 Å². The van der Waals surface area contributed by atoms with Gasteiger partial charge in [-0.15, -0.1) is 0 Å². The van der Waals surface area contributed by atoms with Gasteiger partial charge in [0.05, 0.1) is 6.04 Å². The van der Waals surface area contributed by atoms with E-state index in [1.165, 1.54) is 19.3 Å². The van der Waals surface area contributed by atoms with Gasteiger partial charge in [-0.2, -0.15) is 0 Å². The SMILES string of the molecule is O=C(NC[C@@H]1CCCN(C(=O)C2[C@@H]3[C@H]4CC[C@@H](C4)[C@@H]23)C1)[C@H]1CCCN1. The van der Waals surface area contributed by atoms with Crippen molar-refractivity contribution in [2.75, 3.05) is 26.2 Å². The Balaban J connectivity index is 1.12. The molecule has 2 bridgehead atoms. The number of carbonyl (C=O) groups is 2. The number of rotatable bonds is 4. The maximum absolute atomic E-state index is 13.0. The zero-order valence-corrected chi connectivity index (χ0v) is 15.1. The summed E-state index contributed by atoms with van der Waals surface area (Å²) < 4.78 is 0. The van der Waals surface area contributed by atoms with E-state index in [2.05, 4.69) is 15.5 Å². The van der Waals surface area contributed by atoms with E-state index in [9.17, 15) is 9.59 Å². The minimum atomic E-state index is 0.00244. The lowest BCUT2D eigenvalue weighted by Gasteiger charge is -2.33. The van der Waals surface area contributed by atoms with Gasteiger partial charge in [0.1, 0.15) is 0 Å². The molecule has 0 aromatic heterocycles. The van der Waals surface area contributed by atoms with Crippen LogP contribution in [0.3, 0.4) is 0 Å². The number of hydrogen-bond acceptors (Lipinski definition) is 3. The molecule has 25 heavy (non-hydrogen) atoms. The van der Waals surface area contributed by atoms with Gasteiger partial charge in [0.2, 0.25) is 11.8 Å². The highest BCUT2D eigenvalue weighted by molar-refractivity contribution is 5.83. The van der Waals surface area contributed by atoms with Crippen molar-refractivity contribution in [3.05, 3.63) is 0 Å². The lowest BCUT2D eigenvalue weighted by atomic mass is 9.96. The van der Waals surface area contributed by atoms with E-state index >= 15 is 0 Å². The van der Waals surface area contributed by atoms with Crippen LogP contribution in [0.25, 0.3) is 0 Å². The minimum absolute atomic E-state index is 0.00244. The Labute approximate surface area is 150 Å². The number of nitrogens with zero attached hydrogens (tertiary/aromatic N) is 1. The van der Waals surface area contributed by atoms with Crippen LogP contribution in [0.4, 0.5) is 0 Å². The summed E-state index contributed by atoms with van der Waals surface area (Å²) in [5, 5.41) is 6.38. The molecule has 0 spiro atoms. The molecule has 5 nitrogen and oxygen atoms in total. The highest BCUT2D eigenvalue weighted by atomic mass is 16.2. The summed E-state index contributed by atoms with van der Waals surface area (Å²) in [5.74, 6) is 4.58. The van der Waals surface area contributed by atoms with Crippen molar-refractivity contribution in [1.82, 2.24) is 15.5 Å². The third-order valence-corrected chi connectivity index (χ3v) is 7.79. The summed E-state index contributed by atoms with van der Waals surface area (Å²) in [6.45, 7) is 3.46. The second-order valence-electron chi connectivity index (χ2n) is 9.20. The molecule has 0 unspecified atom stereocenters. The molecule has 6 atom stereocenters. The Bertz CT molecular complexity index is 543. The molecule has 0 aromatic rings. The summed E-state index contributed by atoms with van der Waals surface area (Å²) in [7, 11) is 0. The average molecular weight is 345 g/mol. The topological polar surface area (TPSA) is 61.4 Å². The average Bonchev–Trinajstić information content (AvgIpc) is 3.07. The van der Waals surface area contributed by atoms with Gasteiger partial charge in [0.25, 0.3) is 0 Å². The summed E-state index contributed by atoms with van der Waals surface area (Å²) in [4.78, 5) is 27.3. The first-order valence-corrected chi connectivity index (χ1v) is 10.5. The van der Waals surface area contributed by atoms with E-state index in [-0.39, 0.29) is 11.9 Å². The number of fused-ring (bicyclic) bond motifs is 5. The number of nitrogens with one attached hydrogen (secondary N) is 2. The molecule has 5 aliphatic rings. The lowest BCUT2D eigenvalue weighted by molar-refractivity contribution is -0.135. The van der Waals surface area contributed by atoms with Crippen LogP contribution >= 0.6 is 0 Å². The number of hydrogen-bond donors (Lipinski definition) is 2. The number of piperidine rings is 1. The first-order chi connectivity index (χ1) is 12.2. The lowest BCUT2D eigenvalue weighted by Crippen LogP contribution is -2.47. The van der Waals surface area contributed by atoms with E-state index < -0.39 is 0 Å². The molecule has 2 N–H and O–H groups in total. The Hall–Kier alpha value is -1.10. The van der Waals surface area contributed by atoms with Crippen molar-refractivity contribution in [3.8, 4) is 0 Å². The quantitative estimate of drug-likeness (QED) is 0.809. The molecule has 2 amide bonds. The van der Waals surface area contributed by atoms with Crippen LogP contribution in [-0.4, -0.2) is 48.9 Å². The highest BCUT2D eigenvalue weighted by Crippen LogP contribution is 2.69. The molecule has 5 heteroatoms. The van der Waals surface area contributed by atoms with Gasteiger partial charge in [-0.25, -0.2) is 0 Å². The predicted octanol–water partition coefficient (Wildman–Crippen LogP) is 1.39. The van der Waals surface area contributed by atoms with Gasteiger partial charge in [0.15, 0.2) is 0 Å². The fourth-order valence-corrected chi connectivity index (χ4v) is 6.57. The van der Waals surface area contributed by atoms with Crippen LogP contribution < -0.4 is 10.6 Å². The van der Waals surface area contributed by atoms with Crippen molar-refractivity contribution < 1.29 is 9.59 Å². The van der Waals surface area contributed by atoms with Gasteiger partial charge in [0, 0.05) is 25.6 Å². The van der Waals surface area contributed by atoms with Gasteiger partial charge >= 0.3 is 0 Å². The predicted molar refractivity (Wildman–Crippen MR) is 94.6 cm³/mol. The summed E-state index contributed by atoms with van der Waals surface area (Å²) in [5.41, 5.74) is 0. The first kappa shape index (κ1) is 16.1. The van der Waals surface area contributed by atoms with E-state index in [0.29, 0.717) is 17.7 Å². The smallest absolute Gasteiger partial charge is 0.237 e. The van der Waals surface area contributed by atoms with Crippen molar-refractivity contribution in [2.45, 2.75) is 51.0 Å². The van der Waals surface area contributed by atoms with Crippen LogP contribution in [0.15, 0.2) is 0 Å². The zero-order chi connectivity index (χ0) is 17.0. The maximum Gasteiger partial charge on any atom is 0.237 e. The molecule has 2 aliphatic heterocycles. The summed E-state index contributed by atoms with van der Waals surface area (Å²) >= 11 is 0. The molecule has 5 rings (SSSR count). The Morgan fingerprint density at radius 3 is 2.56 bits per heavy atom. The number of carbonyl (C=O) groups excluding carboxylic acids is 2. The number of amides is 2. The van der Waals surface area contributed by atoms with Gasteiger partial charge in [-0.1, -0.05) is 0 Å². The number of likely N-dealkylation sites (tertiary alicyclic amines) is 1. The van der Waals surface area contributed by atoms with Gasteiger partial charge in [-0.3, -0.25) is 9.59 Å². The highest BCUT2D eigenvalue weighted by Gasteiger charge is 2.68. The van der Waals surface area contributed by atoms with Crippen LogP contribution in [0.2, 0.25) is 0 Å². The Kier molecular flexibility index (Phi) is 4.03. The Morgan fingerprint density at radius 1 is 1.04 bits per heavy atom. The fraction of sp³-hybridized carbons (Fsp3) is 0.900. The van der Waals surface area contributed by atoms with E-state index in [1.807, 2.05) is 0 Å². The van der Waals surface area contributed by atoms with E-state index in [1.54, 1.807) is 0 Å². The van der Waals surface area contributed by atoms with E-state index in [4.69, 9.17) is 0 Å². The van der Waals surface area contributed by atoms with Crippen molar-refractivity contribution in [2.24, 2.45) is 35.5 Å². The monoisotopic (exact) mass is 345 g/mol. The molecule has 3 saturated carbocycles. The summed E-state index contributed by atoms with van der Waals surface area (Å²) in [6, 6.07) is 0.00244. The molecular formula is C20H31N3O2. The molecule has 138 valence electrons. The van der Waals surface area contributed by atoms with Crippen molar-refractivity contribution in [3.63, 3.8) is 0 Å². The maximum atomic E-state index is 13.0. The van der Waals surface area contributed by atoms with Gasteiger partial charge in [-0.05, 0) is 81.1 Å². The molecule has 0 aromatic carbocycles. The fourth-order valence-electron chi connectivity index (χ4n) is 6.57. The van der Waals surface area contributed by atoms with Crippen LogP contribution in [-0.2, 0) is 9.59 Å². The minimum Gasteiger partial charge on any atom is -0.354 e. The molecule has 3 aliphatic carbocycles. The summed E-state index contributed by atoms with van der Waals surface area (Å²) in [6.07, 6.45) is 8.42. The third-order valence-electron chi connectivity index (χ3n) is 7.79. The third kappa shape index (κ3) is 2.79. The zero-order valence-electron chi connectivity index (χ0n) is 15.1. The Morgan fingerprint density at radius 2 is 1.84 bits per heavy atom. The molecule has 2 heterocycles. The normalized spacial score (nSPS) is 44.6. The van der Waals surface area contributed by atoms with Crippen LogP contribution in [0.5, 0.6) is 0 Å². The van der Waals surface area contributed by atoms with Crippen molar-refractivity contribution in [1.29, 1.82) is 0 Å². The first-order valence-electron chi connectivity index (χ1n) is 10.5. The molecular weight excluding hydrogens is 314 g/mol. The van der Waals surface area contributed by atoms with Crippen molar-refractivity contribution >= 4 is 11.8 Å². The van der Waals surface area contributed by atoms with Gasteiger partial charge < -0.3 is 15.5 Å². The van der Waals surface area contributed by atoms with Crippen LogP contribution in [0.1, 0.15) is 44.9 Å². The second kappa shape index (κ2) is 6.26. The standard InChI is InChI=1S/C20H31N3O2/c24-19(15-4-1-7-21-15)22-10-12-3-2-8-23(11-12)20(25)18-16-13-5-6-14(9-13)17(16)18/h12-18,21H,1-11H2,(H,22,24)/t12-,13-,14-,15+,16+,17+/m0/s1. The van der Waals surface area contributed by atoms with Crippen LogP contribution in [0, 0.1) is 35.5 Å². The molecule has 2 saturated heterocycles.